The largest absolute Gasteiger partial charge is 0.431 e. The summed E-state index contributed by atoms with van der Waals surface area (Å²) in [5, 5.41) is 0. The molecule has 12 heavy (non-hydrogen) atoms. The van der Waals surface area contributed by atoms with Crippen molar-refractivity contribution in [1.82, 2.24) is 0 Å². The van der Waals surface area contributed by atoms with Gasteiger partial charge in [0.2, 0.25) is 0 Å². The molecule has 0 aromatic rings. The van der Waals surface area contributed by atoms with Gasteiger partial charge in [-0.3, -0.25) is 9.59 Å². The Hall–Kier alpha value is -1.12. The van der Waals surface area contributed by atoms with Crippen LogP contribution >= 0.6 is 0 Å². The van der Waals surface area contributed by atoms with E-state index < -0.39 is 0 Å². The van der Waals surface area contributed by atoms with Crippen molar-refractivity contribution in [1.29, 1.82) is 0 Å². The molecule has 0 unspecified atom stereocenters. The lowest BCUT2D eigenvalue weighted by Gasteiger charge is -2.21. The first-order chi connectivity index (χ1) is 5.52. The third kappa shape index (κ3) is 1.55. The zero-order chi connectivity index (χ0) is 9.30. The van der Waals surface area contributed by atoms with Crippen LogP contribution in [0.5, 0.6) is 0 Å². The monoisotopic (exact) mass is 168 g/mol. The van der Waals surface area contributed by atoms with E-state index in [1.807, 2.05) is 6.92 Å². The highest BCUT2D eigenvalue weighted by Gasteiger charge is 2.26. The van der Waals surface area contributed by atoms with Crippen molar-refractivity contribution in [2.45, 2.75) is 27.2 Å². The molecule has 0 amide bonds. The van der Waals surface area contributed by atoms with Gasteiger partial charge in [-0.1, -0.05) is 6.92 Å². The number of carbonyl (C=O) groups is 2. The summed E-state index contributed by atoms with van der Waals surface area (Å²) in [7, 11) is 0. The second kappa shape index (κ2) is 3.09. The maximum atomic E-state index is 11.1. The van der Waals surface area contributed by atoms with Crippen LogP contribution in [0.4, 0.5) is 0 Å². The fourth-order valence-electron chi connectivity index (χ4n) is 1.56. The molecule has 0 saturated carbocycles. The normalized spacial score (nSPS) is 23.9. The highest BCUT2D eigenvalue weighted by Crippen LogP contribution is 2.25. The average Bonchev–Trinajstić information content (AvgIpc) is 1.82. The van der Waals surface area contributed by atoms with E-state index in [1.165, 1.54) is 6.92 Å². The third-order valence-corrected chi connectivity index (χ3v) is 1.99. The first-order valence-electron chi connectivity index (χ1n) is 3.94. The van der Waals surface area contributed by atoms with Crippen LogP contribution in [0.3, 0.4) is 0 Å². The predicted octanol–water partition coefficient (Wildman–Crippen LogP) is 1.43. The molecule has 0 aromatic carbocycles. The number of allylic oxidation sites excluding steroid dienone is 2. The average molecular weight is 168 g/mol. The number of hydrogen-bond acceptors (Lipinski definition) is 3. The number of Topliss-reactive ketones (excluding diaryl/α,β-unsaturated/α-hetero) is 1. The van der Waals surface area contributed by atoms with Gasteiger partial charge in [-0.05, 0) is 19.8 Å². The molecule has 0 N–H and O–H groups in total. The van der Waals surface area contributed by atoms with Gasteiger partial charge in [0.05, 0.1) is 6.42 Å². The molecule has 0 radical (unpaired) electrons. The van der Waals surface area contributed by atoms with Gasteiger partial charge in [-0.2, -0.15) is 0 Å². The number of rotatable bonds is 1. The van der Waals surface area contributed by atoms with E-state index in [9.17, 15) is 9.59 Å². The van der Waals surface area contributed by atoms with Gasteiger partial charge < -0.3 is 4.74 Å². The Morgan fingerprint density at radius 3 is 2.58 bits per heavy atom. The molecule has 0 bridgehead atoms. The molecule has 3 heteroatoms. The molecule has 1 heterocycles. The molecule has 0 spiro atoms. The van der Waals surface area contributed by atoms with Crippen LogP contribution in [-0.2, 0) is 14.3 Å². The first-order valence-corrected chi connectivity index (χ1v) is 3.94. The number of esters is 1. The minimum Gasteiger partial charge on any atom is -0.431 e. The molecule has 1 rings (SSSR count). The number of hydrogen-bond donors (Lipinski definition) is 0. The Morgan fingerprint density at radius 1 is 1.58 bits per heavy atom. The minimum absolute atomic E-state index is 0.00347. The van der Waals surface area contributed by atoms with Crippen LogP contribution in [-0.4, -0.2) is 11.8 Å². The van der Waals surface area contributed by atoms with E-state index in [0.717, 1.165) is 0 Å². The summed E-state index contributed by atoms with van der Waals surface area (Å²) >= 11 is 0. The van der Waals surface area contributed by atoms with Gasteiger partial charge >= 0.3 is 5.97 Å². The molecule has 3 nitrogen and oxygen atoms in total. The Kier molecular flexibility index (Phi) is 2.31. The van der Waals surface area contributed by atoms with Crippen LogP contribution in [0.2, 0.25) is 0 Å². The molecule has 1 aliphatic rings. The second-order valence-electron chi connectivity index (χ2n) is 3.11. The smallest absolute Gasteiger partial charge is 0.311 e. The number of ether oxygens (including phenoxy) is 1. The molecular formula is C9H12O3. The molecule has 0 fully saturated rings. The second-order valence-corrected chi connectivity index (χ2v) is 3.11. The first kappa shape index (κ1) is 8.97. The van der Waals surface area contributed by atoms with E-state index in [1.54, 1.807) is 6.92 Å². The molecule has 0 aromatic heterocycles. The van der Waals surface area contributed by atoms with Crippen molar-refractivity contribution < 1.29 is 14.3 Å². The van der Waals surface area contributed by atoms with E-state index in [2.05, 4.69) is 0 Å². The lowest BCUT2D eigenvalue weighted by molar-refractivity contribution is -0.141. The Balaban J connectivity index is 3.01. The number of cyclic esters (lactones) is 1. The summed E-state index contributed by atoms with van der Waals surface area (Å²) in [5.74, 6) is 0.215. The molecule has 1 atom stereocenters. The van der Waals surface area contributed by atoms with Gasteiger partial charge in [-0.25, -0.2) is 0 Å². The van der Waals surface area contributed by atoms with Gasteiger partial charge in [0, 0.05) is 5.57 Å². The zero-order valence-electron chi connectivity index (χ0n) is 7.51. The summed E-state index contributed by atoms with van der Waals surface area (Å²) in [5.41, 5.74) is 0.648. The highest BCUT2D eigenvalue weighted by molar-refractivity contribution is 5.96. The van der Waals surface area contributed by atoms with Crippen molar-refractivity contribution in [2.24, 2.45) is 5.92 Å². The van der Waals surface area contributed by atoms with Crippen LogP contribution < -0.4 is 0 Å². The van der Waals surface area contributed by atoms with E-state index >= 15 is 0 Å². The molecule has 0 aliphatic carbocycles. The molecule has 1 aliphatic heterocycles. The van der Waals surface area contributed by atoms with Crippen molar-refractivity contribution in [3.63, 3.8) is 0 Å². The summed E-state index contributed by atoms with van der Waals surface area (Å²) in [6, 6.07) is 0. The van der Waals surface area contributed by atoms with E-state index in [-0.39, 0.29) is 17.7 Å². The van der Waals surface area contributed by atoms with Gasteiger partial charge in [0.25, 0.3) is 0 Å². The van der Waals surface area contributed by atoms with Gasteiger partial charge in [-0.15, -0.1) is 0 Å². The quantitative estimate of drug-likeness (QED) is 0.556. The third-order valence-electron chi connectivity index (χ3n) is 1.99. The number of ketones is 1. The minimum atomic E-state index is -0.245. The fourth-order valence-corrected chi connectivity index (χ4v) is 1.56. The lowest BCUT2D eigenvalue weighted by Crippen LogP contribution is -2.22. The maximum absolute atomic E-state index is 11.1. The van der Waals surface area contributed by atoms with Crippen molar-refractivity contribution in [2.75, 3.05) is 0 Å². The van der Waals surface area contributed by atoms with Crippen LogP contribution in [0.25, 0.3) is 0 Å². The van der Waals surface area contributed by atoms with E-state index in [4.69, 9.17) is 4.74 Å². The predicted molar refractivity (Wildman–Crippen MR) is 43.3 cm³/mol. The zero-order valence-corrected chi connectivity index (χ0v) is 7.51. The number of carbonyl (C=O) groups excluding carboxylic acids is 2. The lowest BCUT2D eigenvalue weighted by atomic mass is 9.92. The summed E-state index contributed by atoms with van der Waals surface area (Å²) < 4.78 is 4.85. The standard InChI is InChI=1S/C9H12O3/c1-5-4-8(11)12-7(3)9(5)6(2)10/h5H,4H2,1-3H3/t5-/m1/s1. The summed E-state index contributed by atoms with van der Waals surface area (Å²) in [6.07, 6.45) is 0.312. The van der Waals surface area contributed by atoms with Crippen molar-refractivity contribution >= 4 is 11.8 Å². The van der Waals surface area contributed by atoms with Crippen molar-refractivity contribution in [3.05, 3.63) is 11.3 Å². The Morgan fingerprint density at radius 2 is 2.17 bits per heavy atom. The summed E-state index contributed by atoms with van der Waals surface area (Å²) in [6.45, 7) is 5.01. The van der Waals surface area contributed by atoms with E-state index in [0.29, 0.717) is 17.8 Å². The Bertz CT molecular complexity index is 263. The van der Waals surface area contributed by atoms with Crippen molar-refractivity contribution in [3.8, 4) is 0 Å². The van der Waals surface area contributed by atoms with Gasteiger partial charge in [0.1, 0.15) is 5.76 Å². The van der Waals surface area contributed by atoms with Crippen LogP contribution in [0.15, 0.2) is 11.3 Å². The highest BCUT2D eigenvalue weighted by atomic mass is 16.5. The molecule has 0 saturated heterocycles. The fraction of sp³-hybridized carbons (Fsp3) is 0.556. The van der Waals surface area contributed by atoms with Gasteiger partial charge in [0.15, 0.2) is 5.78 Å². The Labute approximate surface area is 71.4 Å². The topological polar surface area (TPSA) is 43.4 Å². The SMILES string of the molecule is CC(=O)C1=C(C)OC(=O)C[C@H]1C. The van der Waals surface area contributed by atoms with Crippen LogP contribution in [0, 0.1) is 5.92 Å². The van der Waals surface area contributed by atoms with Crippen LogP contribution in [0.1, 0.15) is 27.2 Å². The maximum Gasteiger partial charge on any atom is 0.311 e. The molecular weight excluding hydrogens is 156 g/mol. The summed E-state index contributed by atoms with van der Waals surface area (Å²) in [4.78, 5) is 22.0. The molecule has 66 valence electrons.